The molecular formula is C18H21FN2O5S. The summed E-state index contributed by atoms with van der Waals surface area (Å²) >= 11 is 0. The largest absolute Gasteiger partial charge is 0.497 e. The Morgan fingerprint density at radius 2 is 1.74 bits per heavy atom. The third-order valence-electron chi connectivity index (χ3n) is 3.83. The van der Waals surface area contributed by atoms with Crippen molar-refractivity contribution in [2.24, 2.45) is 0 Å². The lowest BCUT2D eigenvalue weighted by atomic mass is 10.2. The molecule has 27 heavy (non-hydrogen) atoms. The number of ether oxygens (including phenoxy) is 2. The molecule has 0 bridgehead atoms. The predicted molar refractivity (Wildman–Crippen MR) is 101 cm³/mol. The number of sulfonamides is 1. The molecule has 0 aliphatic carbocycles. The molecule has 0 heterocycles. The molecule has 2 aromatic rings. The van der Waals surface area contributed by atoms with Crippen molar-refractivity contribution in [2.45, 2.75) is 13.0 Å². The molecular weight excluding hydrogens is 375 g/mol. The predicted octanol–water partition coefficient (Wildman–Crippen LogP) is 2.64. The van der Waals surface area contributed by atoms with E-state index >= 15 is 0 Å². The number of anilines is 2. The van der Waals surface area contributed by atoms with E-state index in [1.165, 1.54) is 33.3 Å². The molecule has 0 saturated heterocycles. The molecule has 2 rings (SSSR count). The Morgan fingerprint density at radius 1 is 1.11 bits per heavy atom. The van der Waals surface area contributed by atoms with Gasteiger partial charge in [0.05, 0.1) is 31.9 Å². The van der Waals surface area contributed by atoms with Crippen LogP contribution in [0.4, 0.5) is 15.8 Å². The van der Waals surface area contributed by atoms with Gasteiger partial charge in [0.2, 0.25) is 15.9 Å². The Bertz CT molecular complexity index is 916. The first-order valence-corrected chi connectivity index (χ1v) is 9.80. The molecule has 146 valence electrons. The van der Waals surface area contributed by atoms with E-state index in [0.717, 1.165) is 22.7 Å². The number of hydrogen-bond acceptors (Lipinski definition) is 5. The molecule has 7 nitrogen and oxygen atoms in total. The Morgan fingerprint density at radius 3 is 2.26 bits per heavy atom. The van der Waals surface area contributed by atoms with Crippen LogP contribution >= 0.6 is 0 Å². The van der Waals surface area contributed by atoms with Crippen molar-refractivity contribution in [2.75, 3.05) is 30.1 Å². The molecule has 0 unspecified atom stereocenters. The van der Waals surface area contributed by atoms with E-state index in [0.29, 0.717) is 17.2 Å². The van der Waals surface area contributed by atoms with E-state index in [1.807, 2.05) is 0 Å². The summed E-state index contributed by atoms with van der Waals surface area (Å²) in [5, 5.41) is 2.65. The zero-order valence-corrected chi connectivity index (χ0v) is 16.2. The highest BCUT2D eigenvalue weighted by Gasteiger charge is 2.29. The van der Waals surface area contributed by atoms with Crippen LogP contribution < -0.4 is 19.1 Å². The molecule has 0 aromatic heterocycles. The number of nitrogens with one attached hydrogen (secondary N) is 1. The van der Waals surface area contributed by atoms with Gasteiger partial charge in [0.15, 0.2) is 0 Å². The van der Waals surface area contributed by atoms with Crippen LogP contribution in [0.2, 0.25) is 0 Å². The van der Waals surface area contributed by atoms with Gasteiger partial charge in [0, 0.05) is 6.07 Å². The average Bonchev–Trinajstić information content (AvgIpc) is 2.62. The molecule has 0 aliphatic rings. The Kier molecular flexibility index (Phi) is 6.27. The maximum absolute atomic E-state index is 13.2. The zero-order chi connectivity index (χ0) is 20.2. The standard InChI is InChI=1S/C18H21FN2O5S/c1-12(21(27(4,23)24)14-7-5-13(19)6-8-14)18(22)20-16-11-15(25-2)9-10-17(16)26-3/h5-12H,1-4H3,(H,20,22)/t12-/m1/s1. The topological polar surface area (TPSA) is 84.9 Å². The minimum atomic E-state index is -3.80. The van der Waals surface area contributed by atoms with Gasteiger partial charge >= 0.3 is 0 Å². The maximum Gasteiger partial charge on any atom is 0.248 e. The highest BCUT2D eigenvalue weighted by molar-refractivity contribution is 7.92. The average molecular weight is 396 g/mol. The van der Waals surface area contributed by atoms with Crippen molar-refractivity contribution in [1.29, 1.82) is 0 Å². The van der Waals surface area contributed by atoms with E-state index in [9.17, 15) is 17.6 Å². The highest BCUT2D eigenvalue weighted by Crippen LogP contribution is 2.30. The summed E-state index contributed by atoms with van der Waals surface area (Å²) in [5.41, 5.74) is 0.514. The number of methoxy groups -OCH3 is 2. The van der Waals surface area contributed by atoms with Crippen molar-refractivity contribution in [3.05, 3.63) is 48.3 Å². The SMILES string of the molecule is COc1ccc(OC)c(NC(=O)[C@@H](C)N(c2ccc(F)cc2)S(C)(=O)=O)c1. The van der Waals surface area contributed by atoms with Gasteiger partial charge in [-0.2, -0.15) is 0 Å². The van der Waals surface area contributed by atoms with Crippen molar-refractivity contribution < 1.29 is 27.1 Å². The van der Waals surface area contributed by atoms with E-state index in [1.54, 1.807) is 18.2 Å². The summed E-state index contributed by atoms with van der Waals surface area (Å²) in [7, 11) is -0.873. The quantitative estimate of drug-likeness (QED) is 0.778. The van der Waals surface area contributed by atoms with Crippen LogP contribution in [0, 0.1) is 5.82 Å². The van der Waals surface area contributed by atoms with Crippen LogP contribution in [0.3, 0.4) is 0 Å². The molecule has 0 fully saturated rings. The Labute approximate surface area is 157 Å². The van der Waals surface area contributed by atoms with Crippen LogP contribution in [0.25, 0.3) is 0 Å². The second-order valence-electron chi connectivity index (χ2n) is 5.77. The van der Waals surface area contributed by atoms with Gasteiger partial charge in [-0.15, -0.1) is 0 Å². The van der Waals surface area contributed by atoms with Crippen LogP contribution in [0.15, 0.2) is 42.5 Å². The molecule has 1 N–H and O–H groups in total. The molecule has 0 aliphatic heterocycles. The lowest BCUT2D eigenvalue weighted by Crippen LogP contribution is -2.45. The molecule has 9 heteroatoms. The van der Waals surface area contributed by atoms with Crippen LogP contribution in [-0.4, -0.2) is 40.8 Å². The number of rotatable bonds is 7. The molecule has 0 spiro atoms. The second kappa shape index (κ2) is 8.26. The van der Waals surface area contributed by atoms with Gasteiger partial charge < -0.3 is 14.8 Å². The zero-order valence-electron chi connectivity index (χ0n) is 15.4. The van der Waals surface area contributed by atoms with Gasteiger partial charge in [-0.25, -0.2) is 12.8 Å². The van der Waals surface area contributed by atoms with Gasteiger partial charge in [0.1, 0.15) is 23.4 Å². The van der Waals surface area contributed by atoms with E-state index < -0.39 is 27.8 Å². The first-order valence-electron chi connectivity index (χ1n) is 7.95. The molecule has 2 aromatic carbocycles. The van der Waals surface area contributed by atoms with Gasteiger partial charge in [0.25, 0.3) is 0 Å². The fourth-order valence-electron chi connectivity index (χ4n) is 2.55. The number of amides is 1. The van der Waals surface area contributed by atoms with Gasteiger partial charge in [-0.1, -0.05) is 0 Å². The summed E-state index contributed by atoms with van der Waals surface area (Å²) in [5.74, 6) is -0.206. The lowest BCUT2D eigenvalue weighted by Gasteiger charge is -2.28. The van der Waals surface area contributed by atoms with E-state index in [4.69, 9.17) is 9.47 Å². The second-order valence-corrected chi connectivity index (χ2v) is 7.63. The minimum Gasteiger partial charge on any atom is -0.497 e. The minimum absolute atomic E-state index is 0.180. The van der Waals surface area contributed by atoms with Gasteiger partial charge in [-0.05, 0) is 43.3 Å². The molecule has 1 atom stereocenters. The van der Waals surface area contributed by atoms with Crippen molar-refractivity contribution in [3.8, 4) is 11.5 Å². The molecule has 1 amide bonds. The van der Waals surface area contributed by atoms with E-state index in [-0.39, 0.29) is 5.69 Å². The first kappa shape index (κ1) is 20.5. The van der Waals surface area contributed by atoms with Crippen molar-refractivity contribution >= 4 is 27.3 Å². The maximum atomic E-state index is 13.2. The number of hydrogen-bond donors (Lipinski definition) is 1. The summed E-state index contributed by atoms with van der Waals surface area (Å²) in [6, 6.07) is 8.60. The Hall–Kier alpha value is -2.81. The smallest absolute Gasteiger partial charge is 0.248 e. The van der Waals surface area contributed by atoms with Crippen LogP contribution in [-0.2, 0) is 14.8 Å². The molecule has 0 saturated carbocycles. The fourth-order valence-corrected chi connectivity index (χ4v) is 3.72. The number of halogens is 1. The monoisotopic (exact) mass is 396 g/mol. The number of carbonyl (C=O) groups is 1. The lowest BCUT2D eigenvalue weighted by molar-refractivity contribution is -0.116. The number of benzene rings is 2. The Balaban J connectivity index is 2.34. The number of carbonyl (C=O) groups excluding carboxylic acids is 1. The molecule has 0 radical (unpaired) electrons. The third-order valence-corrected chi connectivity index (χ3v) is 5.08. The number of nitrogens with zero attached hydrogens (tertiary/aromatic N) is 1. The van der Waals surface area contributed by atoms with E-state index in [2.05, 4.69) is 5.32 Å². The summed E-state index contributed by atoms with van der Waals surface area (Å²) in [6.07, 6.45) is 0.978. The summed E-state index contributed by atoms with van der Waals surface area (Å²) < 4.78 is 48.9. The summed E-state index contributed by atoms with van der Waals surface area (Å²) in [4.78, 5) is 12.7. The van der Waals surface area contributed by atoms with Gasteiger partial charge in [-0.3, -0.25) is 9.10 Å². The third kappa shape index (κ3) is 4.88. The van der Waals surface area contributed by atoms with Crippen molar-refractivity contribution in [1.82, 2.24) is 0 Å². The van der Waals surface area contributed by atoms with Crippen LogP contribution in [0.1, 0.15) is 6.92 Å². The first-order chi connectivity index (χ1) is 12.7. The highest BCUT2D eigenvalue weighted by atomic mass is 32.2. The van der Waals surface area contributed by atoms with Crippen LogP contribution in [0.5, 0.6) is 11.5 Å². The fraction of sp³-hybridized carbons (Fsp3) is 0.278. The summed E-state index contributed by atoms with van der Waals surface area (Å²) in [6.45, 7) is 1.44. The van der Waals surface area contributed by atoms with Crippen molar-refractivity contribution in [3.63, 3.8) is 0 Å². The normalized spacial score (nSPS) is 12.2.